The molecule has 0 unspecified atom stereocenters. The Morgan fingerprint density at radius 2 is 1.93 bits per heavy atom. The van der Waals surface area contributed by atoms with E-state index in [1.165, 1.54) is 23.1 Å². The molecular formula is C22H25N5O2S. The zero-order chi connectivity index (χ0) is 21.5. The number of hydrogen-bond donors (Lipinski definition) is 2. The number of nitrogens with zero attached hydrogens (tertiary/aromatic N) is 3. The third-order valence-electron chi connectivity index (χ3n) is 4.63. The Morgan fingerprint density at radius 1 is 1.17 bits per heavy atom. The number of hydrogen-bond acceptors (Lipinski definition) is 8. The number of benzene rings is 2. The summed E-state index contributed by atoms with van der Waals surface area (Å²) in [6, 6.07) is 14.3. The van der Waals surface area contributed by atoms with Gasteiger partial charge in [-0.2, -0.15) is 16.6 Å². The van der Waals surface area contributed by atoms with Crippen LogP contribution >= 0.6 is 11.3 Å². The summed E-state index contributed by atoms with van der Waals surface area (Å²) in [7, 11) is 1.58. The summed E-state index contributed by atoms with van der Waals surface area (Å²) in [5.41, 5.74) is 7.67. The van der Waals surface area contributed by atoms with E-state index in [1.807, 2.05) is 32.0 Å². The molecule has 0 amide bonds. The Morgan fingerprint density at radius 3 is 2.63 bits per heavy atom. The summed E-state index contributed by atoms with van der Waals surface area (Å²) >= 11 is 1.57. The minimum Gasteiger partial charge on any atom is -0.490 e. The first kappa shape index (κ1) is 21.9. The van der Waals surface area contributed by atoms with E-state index < -0.39 is 0 Å². The first-order chi connectivity index (χ1) is 14.6. The highest BCUT2D eigenvalue weighted by Crippen LogP contribution is 2.37. The quantitative estimate of drug-likeness (QED) is 0.597. The van der Waals surface area contributed by atoms with Crippen molar-refractivity contribution in [1.29, 1.82) is 5.26 Å². The second-order valence-electron chi connectivity index (χ2n) is 7.02. The SMILES string of the molecule is CC(C)Oc1ccc(-c2nnc(-c3cccc4c3CCC4)s2)cc1C#N.CNON. The number of nitrogens with one attached hydrogen (secondary N) is 1. The van der Waals surface area contributed by atoms with Gasteiger partial charge in [-0.05, 0) is 62.4 Å². The normalized spacial score (nSPS) is 12.1. The van der Waals surface area contributed by atoms with Crippen molar-refractivity contribution >= 4 is 11.3 Å². The number of hydroxylamine groups is 1. The number of ether oxygens (including phenoxy) is 1. The van der Waals surface area contributed by atoms with Crippen molar-refractivity contribution in [2.75, 3.05) is 7.05 Å². The Balaban J connectivity index is 0.000000589. The number of aromatic nitrogens is 2. The Bertz CT molecular complexity index is 1040. The molecule has 3 aromatic rings. The van der Waals surface area contributed by atoms with E-state index in [9.17, 15) is 5.26 Å². The topological polar surface area (TPSA) is 106 Å². The molecule has 0 radical (unpaired) electrons. The smallest absolute Gasteiger partial charge is 0.148 e. The largest absolute Gasteiger partial charge is 0.490 e. The standard InChI is InChI=1S/C21H19N3OS.CH6N2O/c1-13(2)25-19-10-9-15(11-16(19)12-22)20-23-24-21(26-20)18-8-4-6-14-5-3-7-17(14)18;1-3-4-2/h4,6,8-11,13H,3,5,7H2,1-2H3;3H,2H2,1H3. The number of rotatable bonds is 5. The van der Waals surface area contributed by atoms with E-state index in [-0.39, 0.29) is 6.10 Å². The van der Waals surface area contributed by atoms with Crippen LogP contribution in [0.3, 0.4) is 0 Å². The summed E-state index contributed by atoms with van der Waals surface area (Å²) in [6.45, 7) is 3.90. The molecule has 0 atom stereocenters. The van der Waals surface area contributed by atoms with Crippen LogP contribution in [0.2, 0.25) is 0 Å². The summed E-state index contributed by atoms with van der Waals surface area (Å²) in [5.74, 6) is 5.02. The highest BCUT2D eigenvalue weighted by molar-refractivity contribution is 7.17. The van der Waals surface area contributed by atoms with Crippen molar-refractivity contribution in [3.8, 4) is 33.0 Å². The third-order valence-corrected chi connectivity index (χ3v) is 5.63. The molecule has 1 heterocycles. The summed E-state index contributed by atoms with van der Waals surface area (Å²) in [4.78, 5) is 3.79. The molecule has 7 nitrogen and oxygen atoms in total. The predicted molar refractivity (Wildman–Crippen MR) is 118 cm³/mol. The van der Waals surface area contributed by atoms with Crippen LogP contribution in [0.1, 0.15) is 37.0 Å². The van der Waals surface area contributed by atoms with Crippen LogP contribution in [0, 0.1) is 11.3 Å². The molecule has 8 heteroatoms. The summed E-state index contributed by atoms with van der Waals surface area (Å²) in [6.07, 6.45) is 3.50. The van der Waals surface area contributed by atoms with Crippen LogP contribution in [-0.2, 0) is 17.8 Å². The van der Waals surface area contributed by atoms with E-state index in [2.05, 4.69) is 50.8 Å². The number of nitrogens with two attached hydrogens (primary N) is 1. The van der Waals surface area contributed by atoms with Gasteiger partial charge in [-0.3, -0.25) is 0 Å². The molecule has 3 N–H and O–H groups in total. The second kappa shape index (κ2) is 10.3. The lowest BCUT2D eigenvalue weighted by Gasteiger charge is -2.11. The van der Waals surface area contributed by atoms with E-state index >= 15 is 0 Å². The Hall–Kier alpha value is -2.83. The minimum absolute atomic E-state index is 0.0289. The maximum Gasteiger partial charge on any atom is 0.148 e. The van der Waals surface area contributed by atoms with Crippen molar-refractivity contribution in [2.24, 2.45) is 5.90 Å². The molecule has 0 spiro atoms. The molecule has 2 aromatic carbocycles. The highest BCUT2D eigenvalue weighted by Gasteiger charge is 2.18. The van der Waals surface area contributed by atoms with E-state index in [0.29, 0.717) is 11.3 Å². The molecule has 0 fully saturated rings. The van der Waals surface area contributed by atoms with Gasteiger partial charge in [0.15, 0.2) is 0 Å². The van der Waals surface area contributed by atoms with Crippen molar-refractivity contribution < 1.29 is 9.68 Å². The fourth-order valence-electron chi connectivity index (χ4n) is 3.38. The fourth-order valence-corrected chi connectivity index (χ4v) is 4.27. The maximum atomic E-state index is 9.43. The molecule has 1 aliphatic carbocycles. The number of fused-ring (bicyclic) bond motifs is 1. The molecule has 156 valence electrons. The molecular weight excluding hydrogens is 398 g/mol. The molecule has 1 aliphatic rings. The van der Waals surface area contributed by atoms with Crippen molar-refractivity contribution in [3.05, 3.63) is 53.1 Å². The number of nitriles is 1. The van der Waals surface area contributed by atoms with Gasteiger partial charge < -0.3 is 4.74 Å². The van der Waals surface area contributed by atoms with Gasteiger partial charge in [-0.15, -0.1) is 10.2 Å². The molecule has 30 heavy (non-hydrogen) atoms. The summed E-state index contributed by atoms with van der Waals surface area (Å²) in [5, 5.41) is 20.0. The van der Waals surface area contributed by atoms with Crippen LogP contribution in [0.4, 0.5) is 0 Å². The maximum absolute atomic E-state index is 9.43. The summed E-state index contributed by atoms with van der Waals surface area (Å²) < 4.78 is 5.70. The first-order valence-corrected chi connectivity index (χ1v) is 10.6. The molecule has 1 aromatic heterocycles. The van der Waals surface area contributed by atoms with Crippen LogP contribution < -0.4 is 16.1 Å². The lowest BCUT2D eigenvalue weighted by atomic mass is 10.0. The van der Waals surface area contributed by atoms with E-state index in [1.54, 1.807) is 18.4 Å². The molecule has 4 rings (SSSR count). The van der Waals surface area contributed by atoms with Gasteiger partial charge in [0.05, 0.1) is 11.7 Å². The lowest BCUT2D eigenvalue weighted by Crippen LogP contribution is -2.11. The minimum atomic E-state index is 0.0289. The molecule has 0 aliphatic heterocycles. The monoisotopic (exact) mass is 423 g/mol. The number of aryl methyl sites for hydroxylation is 1. The lowest BCUT2D eigenvalue weighted by molar-refractivity contribution is 0.0584. The van der Waals surface area contributed by atoms with Gasteiger partial charge in [-0.1, -0.05) is 29.5 Å². The third kappa shape index (κ3) is 5.01. The van der Waals surface area contributed by atoms with Crippen LogP contribution in [0.15, 0.2) is 36.4 Å². The van der Waals surface area contributed by atoms with Gasteiger partial charge in [0.1, 0.15) is 21.8 Å². The first-order valence-electron chi connectivity index (χ1n) is 9.75. The van der Waals surface area contributed by atoms with E-state index in [0.717, 1.165) is 28.4 Å². The second-order valence-corrected chi connectivity index (χ2v) is 8.00. The average Bonchev–Trinajstić information content (AvgIpc) is 3.43. The zero-order valence-electron chi connectivity index (χ0n) is 17.3. The van der Waals surface area contributed by atoms with Crippen molar-refractivity contribution in [1.82, 2.24) is 15.7 Å². The Labute approximate surface area is 180 Å². The highest BCUT2D eigenvalue weighted by atomic mass is 32.1. The van der Waals surface area contributed by atoms with Gasteiger partial charge in [0.2, 0.25) is 0 Å². The van der Waals surface area contributed by atoms with Crippen molar-refractivity contribution in [2.45, 2.75) is 39.2 Å². The van der Waals surface area contributed by atoms with Gasteiger partial charge in [0.25, 0.3) is 0 Å². The van der Waals surface area contributed by atoms with Gasteiger partial charge >= 0.3 is 0 Å². The Kier molecular flexibility index (Phi) is 7.49. The zero-order valence-corrected chi connectivity index (χ0v) is 18.1. The van der Waals surface area contributed by atoms with Crippen LogP contribution in [-0.4, -0.2) is 23.3 Å². The van der Waals surface area contributed by atoms with Crippen LogP contribution in [0.5, 0.6) is 5.75 Å². The molecule has 0 saturated heterocycles. The van der Waals surface area contributed by atoms with Gasteiger partial charge in [0, 0.05) is 18.2 Å². The predicted octanol–water partition coefficient (Wildman–Crippen LogP) is 4.03. The van der Waals surface area contributed by atoms with Crippen LogP contribution in [0.25, 0.3) is 21.1 Å². The molecule has 0 saturated carbocycles. The van der Waals surface area contributed by atoms with Gasteiger partial charge in [-0.25, -0.2) is 4.94 Å². The van der Waals surface area contributed by atoms with Crippen molar-refractivity contribution in [3.63, 3.8) is 0 Å². The van der Waals surface area contributed by atoms with E-state index in [4.69, 9.17) is 4.74 Å². The molecule has 0 bridgehead atoms. The average molecular weight is 424 g/mol. The fraction of sp³-hybridized carbons (Fsp3) is 0.318.